The molecule has 2 aromatic rings. The second-order valence-electron chi connectivity index (χ2n) is 5.72. The fourth-order valence-corrected chi connectivity index (χ4v) is 2.93. The Kier molecular flexibility index (Phi) is 5.36. The van der Waals surface area contributed by atoms with Gasteiger partial charge in [-0.15, -0.1) is 0 Å². The first-order valence-corrected chi connectivity index (χ1v) is 8.67. The number of halogens is 2. The topological polar surface area (TPSA) is 75.7 Å². The summed E-state index contributed by atoms with van der Waals surface area (Å²) < 4.78 is 19.1. The standard InChI is InChI=1S/C19H14BrFN2O4/c1-11-13-4-2-3-5-14(13)19(26)23(11)9-18(25)27-10-17(24)22-16-7-6-12(20)8-15(16)21/h2-8H,1,9-10H2,(H,22,24). The number of nitrogens with zero attached hydrogens (tertiary/aromatic N) is 1. The summed E-state index contributed by atoms with van der Waals surface area (Å²) in [6.45, 7) is 2.85. The van der Waals surface area contributed by atoms with Crippen LogP contribution in [0.3, 0.4) is 0 Å². The van der Waals surface area contributed by atoms with Crippen LogP contribution in [0.15, 0.2) is 53.5 Å². The zero-order valence-electron chi connectivity index (χ0n) is 14.0. The van der Waals surface area contributed by atoms with Crippen LogP contribution in [0.4, 0.5) is 10.1 Å². The highest BCUT2D eigenvalue weighted by molar-refractivity contribution is 9.10. The molecule has 1 aliphatic heterocycles. The minimum atomic E-state index is -0.774. The molecule has 0 fully saturated rings. The number of carbonyl (C=O) groups excluding carboxylic acids is 3. The van der Waals surface area contributed by atoms with Crippen LogP contribution in [-0.2, 0) is 14.3 Å². The second kappa shape index (κ2) is 7.71. The molecule has 3 rings (SSSR count). The normalized spacial score (nSPS) is 12.7. The summed E-state index contributed by atoms with van der Waals surface area (Å²) in [5.41, 5.74) is 1.48. The van der Waals surface area contributed by atoms with Crippen molar-refractivity contribution in [3.8, 4) is 0 Å². The summed E-state index contributed by atoms with van der Waals surface area (Å²) in [6.07, 6.45) is 0. The number of fused-ring (bicyclic) bond motifs is 1. The summed E-state index contributed by atoms with van der Waals surface area (Å²) in [6, 6.07) is 11.0. The molecule has 0 atom stereocenters. The number of benzene rings is 2. The number of carbonyl (C=O) groups is 3. The van der Waals surface area contributed by atoms with Crippen LogP contribution in [0.1, 0.15) is 15.9 Å². The van der Waals surface area contributed by atoms with Crippen molar-refractivity contribution in [1.29, 1.82) is 0 Å². The lowest BCUT2D eigenvalue weighted by molar-refractivity contribution is -0.147. The maximum Gasteiger partial charge on any atom is 0.326 e. The molecular formula is C19H14BrFN2O4. The molecule has 1 heterocycles. The molecular weight excluding hydrogens is 419 g/mol. The van der Waals surface area contributed by atoms with Crippen molar-refractivity contribution >= 4 is 45.1 Å². The summed E-state index contributed by atoms with van der Waals surface area (Å²) in [5.74, 6) is -2.45. The van der Waals surface area contributed by atoms with Gasteiger partial charge in [0.05, 0.1) is 5.69 Å². The molecule has 0 saturated carbocycles. The Bertz CT molecular complexity index is 925. The van der Waals surface area contributed by atoms with Crippen LogP contribution in [0, 0.1) is 5.82 Å². The average molecular weight is 433 g/mol. The highest BCUT2D eigenvalue weighted by Gasteiger charge is 2.32. The van der Waals surface area contributed by atoms with Crippen LogP contribution < -0.4 is 5.32 Å². The second-order valence-corrected chi connectivity index (χ2v) is 6.63. The van der Waals surface area contributed by atoms with E-state index in [0.29, 0.717) is 21.3 Å². The van der Waals surface area contributed by atoms with E-state index in [-0.39, 0.29) is 18.1 Å². The van der Waals surface area contributed by atoms with Gasteiger partial charge in [0, 0.05) is 21.3 Å². The molecule has 8 heteroatoms. The van der Waals surface area contributed by atoms with Crippen LogP contribution >= 0.6 is 15.9 Å². The molecule has 0 radical (unpaired) electrons. The summed E-state index contributed by atoms with van der Waals surface area (Å²) in [4.78, 5) is 37.3. The maximum atomic E-state index is 13.7. The van der Waals surface area contributed by atoms with Gasteiger partial charge in [-0.2, -0.15) is 0 Å². The Balaban J connectivity index is 1.54. The van der Waals surface area contributed by atoms with Gasteiger partial charge < -0.3 is 10.1 Å². The third-order valence-corrected chi connectivity index (χ3v) is 4.39. The number of esters is 1. The van der Waals surface area contributed by atoms with Gasteiger partial charge in [-0.25, -0.2) is 4.39 Å². The van der Waals surface area contributed by atoms with E-state index in [1.54, 1.807) is 30.3 Å². The fourth-order valence-electron chi connectivity index (χ4n) is 2.60. The van der Waals surface area contributed by atoms with Crippen molar-refractivity contribution in [2.75, 3.05) is 18.5 Å². The summed E-state index contributed by atoms with van der Waals surface area (Å²) >= 11 is 3.11. The van der Waals surface area contributed by atoms with Gasteiger partial charge in [-0.1, -0.05) is 40.7 Å². The van der Waals surface area contributed by atoms with Crippen LogP contribution in [-0.4, -0.2) is 35.8 Å². The Labute approximate surface area is 162 Å². The SMILES string of the molecule is C=C1c2ccccc2C(=O)N1CC(=O)OCC(=O)Nc1ccc(Br)cc1F. The molecule has 138 valence electrons. The van der Waals surface area contributed by atoms with Gasteiger partial charge in [-0.3, -0.25) is 19.3 Å². The minimum absolute atomic E-state index is 0.0298. The van der Waals surface area contributed by atoms with Crippen LogP contribution in [0.25, 0.3) is 5.70 Å². The Morgan fingerprint density at radius 1 is 1.19 bits per heavy atom. The predicted octanol–water partition coefficient (Wildman–Crippen LogP) is 3.20. The highest BCUT2D eigenvalue weighted by atomic mass is 79.9. The van der Waals surface area contributed by atoms with Crippen LogP contribution in [0.5, 0.6) is 0 Å². The van der Waals surface area contributed by atoms with Gasteiger partial charge in [0.1, 0.15) is 12.4 Å². The quantitative estimate of drug-likeness (QED) is 0.736. The molecule has 0 aliphatic carbocycles. The van der Waals surface area contributed by atoms with Crippen molar-refractivity contribution < 1.29 is 23.5 Å². The lowest BCUT2D eigenvalue weighted by atomic mass is 10.1. The first-order valence-electron chi connectivity index (χ1n) is 7.87. The molecule has 0 unspecified atom stereocenters. The molecule has 0 bridgehead atoms. The number of hydrogen-bond donors (Lipinski definition) is 1. The van der Waals surface area contributed by atoms with Gasteiger partial charge in [0.25, 0.3) is 11.8 Å². The first kappa shape index (κ1) is 18.8. The summed E-state index contributed by atoms with van der Waals surface area (Å²) in [5, 5.41) is 2.31. The maximum absolute atomic E-state index is 13.7. The van der Waals surface area contributed by atoms with Crippen molar-refractivity contribution in [2.24, 2.45) is 0 Å². The van der Waals surface area contributed by atoms with E-state index >= 15 is 0 Å². The molecule has 1 aliphatic rings. The number of ether oxygens (including phenoxy) is 1. The predicted molar refractivity (Wildman–Crippen MR) is 100 cm³/mol. The van der Waals surface area contributed by atoms with E-state index < -0.39 is 24.3 Å². The molecule has 0 aromatic heterocycles. The van der Waals surface area contributed by atoms with Crippen LogP contribution in [0.2, 0.25) is 0 Å². The highest BCUT2D eigenvalue weighted by Crippen LogP contribution is 2.30. The van der Waals surface area contributed by atoms with Gasteiger partial charge in [0.15, 0.2) is 6.61 Å². The molecule has 1 N–H and O–H groups in total. The molecule has 6 nitrogen and oxygen atoms in total. The summed E-state index contributed by atoms with van der Waals surface area (Å²) in [7, 11) is 0. The lowest BCUT2D eigenvalue weighted by Crippen LogP contribution is -2.32. The number of anilines is 1. The average Bonchev–Trinajstić information content (AvgIpc) is 2.88. The smallest absolute Gasteiger partial charge is 0.326 e. The van der Waals surface area contributed by atoms with Crippen molar-refractivity contribution in [3.63, 3.8) is 0 Å². The minimum Gasteiger partial charge on any atom is -0.454 e. The molecule has 27 heavy (non-hydrogen) atoms. The molecule has 0 saturated heterocycles. The zero-order chi connectivity index (χ0) is 19.6. The number of nitrogens with one attached hydrogen (secondary N) is 1. The third kappa shape index (κ3) is 4.06. The van der Waals surface area contributed by atoms with Gasteiger partial charge in [0.2, 0.25) is 0 Å². The fraction of sp³-hybridized carbons (Fsp3) is 0.105. The third-order valence-electron chi connectivity index (χ3n) is 3.90. The number of hydrogen-bond acceptors (Lipinski definition) is 4. The van der Waals surface area contributed by atoms with Gasteiger partial charge >= 0.3 is 5.97 Å². The Morgan fingerprint density at radius 2 is 1.89 bits per heavy atom. The molecule has 0 spiro atoms. The Morgan fingerprint density at radius 3 is 2.56 bits per heavy atom. The van der Waals surface area contributed by atoms with Gasteiger partial charge in [-0.05, 0) is 24.3 Å². The van der Waals surface area contributed by atoms with E-state index in [0.717, 1.165) is 0 Å². The first-order chi connectivity index (χ1) is 12.9. The van der Waals surface area contributed by atoms with E-state index in [2.05, 4.69) is 27.8 Å². The zero-order valence-corrected chi connectivity index (χ0v) is 15.6. The van der Waals surface area contributed by atoms with E-state index in [4.69, 9.17) is 4.74 Å². The van der Waals surface area contributed by atoms with Crippen molar-refractivity contribution in [3.05, 3.63) is 70.5 Å². The van der Waals surface area contributed by atoms with E-state index in [1.807, 2.05) is 0 Å². The lowest BCUT2D eigenvalue weighted by Gasteiger charge is -2.16. The monoisotopic (exact) mass is 432 g/mol. The van der Waals surface area contributed by atoms with E-state index in [9.17, 15) is 18.8 Å². The molecule has 2 aromatic carbocycles. The Hall–Kier alpha value is -3.00. The van der Waals surface area contributed by atoms with Crippen molar-refractivity contribution in [1.82, 2.24) is 4.90 Å². The molecule has 2 amide bonds. The van der Waals surface area contributed by atoms with Crippen molar-refractivity contribution in [2.45, 2.75) is 0 Å². The number of rotatable bonds is 5. The largest absolute Gasteiger partial charge is 0.454 e. The van der Waals surface area contributed by atoms with E-state index in [1.165, 1.54) is 17.0 Å². The number of amides is 2.